The summed E-state index contributed by atoms with van der Waals surface area (Å²) < 4.78 is 0. The lowest BCUT2D eigenvalue weighted by Gasteiger charge is -2.33. The number of hydrogen-bond acceptors (Lipinski definition) is 5. The van der Waals surface area contributed by atoms with Gasteiger partial charge in [-0.1, -0.05) is 36.4 Å². The molecular formula is C21H28N4OS. The molecule has 0 unspecified atom stereocenters. The minimum atomic E-state index is 0.00646. The number of carbonyl (C=O) groups excluding carboxylic acids is 1. The third-order valence-electron chi connectivity index (χ3n) is 4.97. The summed E-state index contributed by atoms with van der Waals surface area (Å²) in [6, 6.07) is 8.65. The molecule has 27 heavy (non-hydrogen) atoms. The van der Waals surface area contributed by atoms with Gasteiger partial charge in [-0.2, -0.15) is 0 Å². The fraction of sp³-hybridized carbons (Fsp3) is 0.476. The first-order valence-corrected chi connectivity index (χ1v) is 10.5. The van der Waals surface area contributed by atoms with Crippen LogP contribution in [0.15, 0.2) is 46.6 Å². The third kappa shape index (κ3) is 5.22. The second-order valence-electron chi connectivity index (χ2n) is 7.20. The Morgan fingerprint density at radius 3 is 2.78 bits per heavy atom. The van der Waals surface area contributed by atoms with Gasteiger partial charge in [0, 0.05) is 36.4 Å². The predicted octanol–water partition coefficient (Wildman–Crippen LogP) is 4.07. The molecule has 144 valence electrons. The molecule has 2 aromatic rings. The summed E-state index contributed by atoms with van der Waals surface area (Å²) in [6.45, 7) is 7.83. The van der Waals surface area contributed by atoms with Crippen molar-refractivity contribution in [1.82, 2.24) is 15.3 Å². The highest BCUT2D eigenvalue weighted by Gasteiger charge is 2.28. The van der Waals surface area contributed by atoms with Crippen LogP contribution in [0.2, 0.25) is 0 Å². The number of rotatable bonds is 6. The zero-order valence-electron chi connectivity index (χ0n) is 16.3. The van der Waals surface area contributed by atoms with Gasteiger partial charge in [0.15, 0.2) is 5.82 Å². The fourth-order valence-electron chi connectivity index (χ4n) is 3.17. The van der Waals surface area contributed by atoms with Crippen molar-refractivity contribution in [3.63, 3.8) is 0 Å². The smallest absolute Gasteiger partial charge is 0.225 e. The summed E-state index contributed by atoms with van der Waals surface area (Å²) in [4.78, 5) is 25.1. The van der Waals surface area contributed by atoms with Gasteiger partial charge in [0.1, 0.15) is 5.03 Å². The zero-order chi connectivity index (χ0) is 19.2. The first-order valence-electron chi connectivity index (χ1n) is 9.67. The van der Waals surface area contributed by atoms with Gasteiger partial charge in [-0.3, -0.25) is 4.79 Å². The molecule has 1 saturated heterocycles. The number of amides is 1. The lowest BCUT2D eigenvalue weighted by Crippen LogP contribution is -2.45. The predicted molar refractivity (Wildman–Crippen MR) is 110 cm³/mol. The van der Waals surface area contributed by atoms with Gasteiger partial charge in [-0.05, 0) is 45.2 Å². The highest BCUT2D eigenvalue weighted by molar-refractivity contribution is 7.99. The van der Waals surface area contributed by atoms with E-state index in [4.69, 9.17) is 0 Å². The Morgan fingerprint density at radius 1 is 1.30 bits per heavy atom. The topological polar surface area (TPSA) is 58.1 Å². The van der Waals surface area contributed by atoms with Crippen LogP contribution in [0.25, 0.3) is 0 Å². The van der Waals surface area contributed by atoms with Gasteiger partial charge in [0.2, 0.25) is 5.91 Å². The van der Waals surface area contributed by atoms with Gasteiger partial charge in [0.05, 0.1) is 5.92 Å². The van der Waals surface area contributed by atoms with Gasteiger partial charge in [-0.25, -0.2) is 9.97 Å². The number of piperidine rings is 1. The molecule has 3 rings (SSSR count). The SMILES string of the molecule is CC[C@H](C)NC(=O)[C@H]1CCCN(c2nccnc2Sc2ccc(C)cc2)C1. The molecule has 6 heteroatoms. The Hall–Kier alpha value is -2.08. The first kappa shape index (κ1) is 19.7. The van der Waals surface area contributed by atoms with Gasteiger partial charge >= 0.3 is 0 Å². The van der Waals surface area contributed by atoms with Crippen LogP contribution in [0, 0.1) is 12.8 Å². The van der Waals surface area contributed by atoms with E-state index in [1.807, 2.05) is 0 Å². The van der Waals surface area contributed by atoms with Crippen molar-refractivity contribution < 1.29 is 4.79 Å². The molecule has 0 radical (unpaired) electrons. The van der Waals surface area contributed by atoms with Crippen molar-refractivity contribution in [2.75, 3.05) is 18.0 Å². The molecule has 5 nitrogen and oxygen atoms in total. The van der Waals surface area contributed by atoms with E-state index in [1.54, 1.807) is 24.2 Å². The molecule has 0 saturated carbocycles. The van der Waals surface area contributed by atoms with E-state index >= 15 is 0 Å². The van der Waals surface area contributed by atoms with Crippen molar-refractivity contribution in [3.8, 4) is 0 Å². The number of benzene rings is 1. The van der Waals surface area contributed by atoms with E-state index in [0.717, 1.165) is 41.5 Å². The molecule has 0 spiro atoms. The Balaban J connectivity index is 1.73. The van der Waals surface area contributed by atoms with Crippen LogP contribution in [0.5, 0.6) is 0 Å². The quantitative estimate of drug-likeness (QED) is 0.814. The molecule has 2 atom stereocenters. The molecule has 1 amide bonds. The van der Waals surface area contributed by atoms with Crippen LogP contribution in [-0.4, -0.2) is 35.0 Å². The Kier molecular flexibility index (Phi) is 6.72. The Labute approximate surface area is 166 Å². The lowest BCUT2D eigenvalue weighted by atomic mass is 9.96. The van der Waals surface area contributed by atoms with Crippen LogP contribution < -0.4 is 10.2 Å². The average molecular weight is 385 g/mol. The third-order valence-corrected chi connectivity index (χ3v) is 5.96. The highest BCUT2D eigenvalue weighted by Crippen LogP contribution is 2.34. The highest BCUT2D eigenvalue weighted by atomic mass is 32.2. The van der Waals surface area contributed by atoms with Crippen LogP contribution >= 0.6 is 11.8 Å². The first-order chi connectivity index (χ1) is 13.1. The molecule has 1 N–H and O–H groups in total. The van der Waals surface area contributed by atoms with Crippen molar-refractivity contribution >= 4 is 23.5 Å². The standard InChI is InChI=1S/C21H28N4OS/c1-4-16(3)24-20(26)17-6-5-13-25(14-17)19-21(23-12-11-22-19)27-18-9-7-15(2)8-10-18/h7-12,16-17H,4-6,13-14H2,1-3H3,(H,24,26)/t16-,17-/m0/s1. The molecule has 2 heterocycles. The molecule has 1 aromatic heterocycles. The average Bonchev–Trinajstić information content (AvgIpc) is 2.70. The monoisotopic (exact) mass is 384 g/mol. The summed E-state index contributed by atoms with van der Waals surface area (Å²) in [6.07, 6.45) is 6.33. The van der Waals surface area contributed by atoms with Crippen LogP contribution in [0.4, 0.5) is 5.82 Å². The second kappa shape index (κ2) is 9.22. The van der Waals surface area contributed by atoms with Gasteiger partial charge < -0.3 is 10.2 Å². The van der Waals surface area contributed by atoms with E-state index in [1.165, 1.54) is 5.56 Å². The number of nitrogens with one attached hydrogen (secondary N) is 1. The number of nitrogens with zero attached hydrogens (tertiary/aromatic N) is 3. The van der Waals surface area contributed by atoms with Crippen molar-refractivity contribution in [3.05, 3.63) is 42.2 Å². The maximum Gasteiger partial charge on any atom is 0.225 e. The van der Waals surface area contributed by atoms with Crippen molar-refractivity contribution in [2.24, 2.45) is 5.92 Å². The normalized spacial score (nSPS) is 18.2. The Morgan fingerprint density at radius 2 is 2.04 bits per heavy atom. The van der Waals surface area contributed by atoms with Crippen LogP contribution in [0.1, 0.15) is 38.7 Å². The van der Waals surface area contributed by atoms with Gasteiger partial charge in [-0.15, -0.1) is 0 Å². The summed E-state index contributed by atoms with van der Waals surface area (Å²) in [5.41, 5.74) is 1.24. The number of aryl methyl sites for hydroxylation is 1. The van der Waals surface area contributed by atoms with Crippen LogP contribution in [-0.2, 0) is 4.79 Å². The largest absolute Gasteiger partial charge is 0.354 e. The number of carbonyl (C=O) groups is 1. The molecule has 1 aromatic carbocycles. The second-order valence-corrected chi connectivity index (χ2v) is 8.27. The van der Waals surface area contributed by atoms with Crippen molar-refractivity contribution in [1.29, 1.82) is 0 Å². The van der Waals surface area contributed by atoms with E-state index in [0.29, 0.717) is 6.54 Å². The number of hydrogen-bond donors (Lipinski definition) is 1. The molecule has 0 aliphatic carbocycles. The van der Waals surface area contributed by atoms with Crippen LogP contribution in [0.3, 0.4) is 0 Å². The molecule has 0 bridgehead atoms. The van der Waals surface area contributed by atoms with E-state index in [2.05, 4.69) is 65.2 Å². The van der Waals surface area contributed by atoms with Crippen molar-refractivity contribution in [2.45, 2.75) is 56.0 Å². The molecular weight excluding hydrogens is 356 g/mol. The molecule has 1 fully saturated rings. The molecule has 1 aliphatic rings. The fourth-order valence-corrected chi connectivity index (χ4v) is 4.05. The zero-order valence-corrected chi connectivity index (χ0v) is 17.1. The lowest BCUT2D eigenvalue weighted by molar-refractivity contribution is -0.125. The summed E-state index contributed by atoms with van der Waals surface area (Å²) >= 11 is 1.62. The van der Waals surface area contributed by atoms with E-state index in [9.17, 15) is 4.79 Å². The Bertz CT molecular complexity index is 765. The maximum absolute atomic E-state index is 12.6. The minimum absolute atomic E-state index is 0.00646. The minimum Gasteiger partial charge on any atom is -0.354 e. The van der Waals surface area contributed by atoms with E-state index in [-0.39, 0.29) is 17.9 Å². The number of anilines is 1. The van der Waals surface area contributed by atoms with E-state index < -0.39 is 0 Å². The summed E-state index contributed by atoms with van der Waals surface area (Å²) in [5.74, 6) is 1.04. The maximum atomic E-state index is 12.6. The van der Waals surface area contributed by atoms with Gasteiger partial charge in [0.25, 0.3) is 0 Å². The molecule has 1 aliphatic heterocycles. The summed E-state index contributed by atoms with van der Waals surface area (Å²) in [7, 11) is 0. The summed E-state index contributed by atoms with van der Waals surface area (Å²) in [5, 5.41) is 4.02. The number of aromatic nitrogens is 2.